The van der Waals surface area contributed by atoms with Gasteiger partial charge in [-0.2, -0.15) is 0 Å². The smallest absolute Gasteiger partial charge is 0.350 e. The molecule has 0 aromatic carbocycles. The number of hydrogen-bond donors (Lipinski definition) is 1. The summed E-state index contributed by atoms with van der Waals surface area (Å²) in [5, 5.41) is 4.19. The van der Waals surface area contributed by atoms with Crippen LogP contribution in [0.1, 0.15) is 29.6 Å². The molecule has 3 aromatic heterocycles. The number of carbonyl (C=O) groups excluding carboxylic acids is 2. The zero-order valence-corrected chi connectivity index (χ0v) is 17.4. The summed E-state index contributed by atoms with van der Waals surface area (Å²) in [6.45, 7) is 2.22. The molecular formula is C21H23N7O4. The molecule has 166 valence electrons. The summed E-state index contributed by atoms with van der Waals surface area (Å²) in [6, 6.07) is 5.26. The summed E-state index contributed by atoms with van der Waals surface area (Å²) in [5.74, 6) is 0.462. The Labute approximate surface area is 183 Å². The molecule has 11 nitrogen and oxygen atoms in total. The Balaban J connectivity index is 1.46. The fourth-order valence-electron chi connectivity index (χ4n) is 4.17. The molecule has 32 heavy (non-hydrogen) atoms. The minimum absolute atomic E-state index is 0.0264. The van der Waals surface area contributed by atoms with Gasteiger partial charge in [-0.15, -0.1) is 5.10 Å². The van der Waals surface area contributed by atoms with Gasteiger partial charge in [0.2, 0.25) is 5.91 Å². The van der Waals surface area contributed by atoms with Crippen LogP contribution in [-0.4, -0.2) is 62.1 Å². The fraction of sp³-hybridized carbons (Fsp3) is 0.381. The van der Waals surface area contributed by atoms with Gasteiger partial charge in [0.25, 0.3) is 5.91 Å². The van der Waals surface area contributed by atoms with E-state index in [1.54, 1.807) is 30.6 Å². The standard InChI is InChI=1S/C21H23N7O4/c22-17(29)13-28-21(31)27-7-4-15(11-18(27)24-28)26-8-9-32-16-10-14(12-23-19(16)26)20(30)25-5-2-1-3-6-25/h4,7,10-12H,1-3,5-6,8-9,13H2,(H2,22,29). The molecule has 0 saturated carbocycles. The van der Waals surface area contributed by atoms with Gasteiger partial charge in [-0.1, -0.05) is 0 Å². The van der Waals surface area contributed by atoms with E-state index in [4.69, 9.17) is 10.5 Å². The molecule has 0 bridgehead atoms. The summed E-state index contributed by atoms with van der Waals surface area (Å²) < 4.78 is 8.19. The molecular weight excluding hydrogens is 414 g/mol. The highest BCUT2D eigenvalue weighted by Gasteiger charge is 2.25. The number of piperidine rings is 1. The number of anilines is 2. The SMILES string of the molecule is NC(=O)Cn1nc2cc(N3CCOc4cc(C(=O)N5CCCCC5)cnc43)ccn2c1=O. The third-order valence-corrected chi connectivity index (χ3v) is 5.74. The Kier molecular flexibility index (Phi) is 5.00. The Bertz CT molecular complexity index is 1260. The number of amides is 2. The molecule has 2 amide bonds. The highest BCUT2D eigenvalue weighted by atomic mass is 16.5. The highest BCUT2D eigenvalue weighted by Crippen LogP contribution is 2.35. The van der Waals surface area contributed by atoms with Crippen molar-refractivity contribution in [3.05, 3.63) is 46.6 Å². The van der Waals surface area contributed by atoms with Crippen molar-refractivity contribution in [3.8, 4) is 5.75 Å². The molecule has 0 unspecified atom stereocenters. The van der Waals surface area contributed by atoms with Crippen molar-refractivity contribution >= 4 is 29.0 Å². The second-order valence-electron chi connectivity index (χ2n) is 7.92. The highest BCUT2D eigenvalue weighted by molar-refractivity contribution is 5.95. The third kappa shape index (κ3) is 3.55. The molecule has 0 aliphatic carbocycles. The Morgan fingerprint density at radius 2 is 1.94 bits per heavy atom. The lowest BCUT2D eigenvalue weighted by Crippen LogP contribution is -2.36. The van der Waals surface area contributed by atoms with Gasteiger partial charge in [0.05, 0.1) is 12.1 Å². The lowest BCUT2D eigenvalue weighted by Gasteiger charge is -2.31. The maximum absolute atomic E-state index is 12.8. The lowest BCUT2D eigenvalue weighted by molar-refractivity contribution is -0.118. The number of nitrogens with zero attached hydrogens (tertiary/aromatic N) is 6. The third-order valence-electron chi connectivity index (χ3n) is 5.74. The largest absolute Gasteiger partial charge is 0.488 e. The number of primary amides is 1. The van der Waals surface area contributed by atoms with E-state index in [9.17, 15) is 14.4 Å². The van der Waals surface area contributed by atoms with Gasteiger partial charge in [0.15, 0.2) is 17.2 Å². The van der Waals surface area contributed by atoms with E-state index in [-0.39, 0.29) is 12.5 Å². The summed E-state index contributed by atoms with van der Waals surface area (Å²) in [5.41, 5.74) is 6.42. The molecule has 5 heterocycles. The minimum Gasteiger partial charge on any atom is -0.488 e. The molecule has 1 saturated heterocycles. The normalized spacial score (nSPS) is 16.0. The number of carbonyl (C=O) groups is 2. The molecule has 11 heteroatoms. The van der Waals surface area contributed by atoms with Gasteiger partial charge in [-0.3, -0.25) is 14.0 Å². The quantitative estimate of drug-likeness (QED) is 0.631. The van der Waals surface area contributed by atoms with Crippen LogP contribution in [0.5, 0.6) is 5.75 Å². The van der Waals surface area contributed by atoms with E-state index < -0.39 is 11.6 Å². The first-order valence-electron chi connectivity index (χ1n) is 10.6. The maximum atomic E-state index is 12.8. The topological polar surface area (TPSA) is 128 Å². The van der Waals surface area contributed by atoms with Crippen molar-refractivity contribution in [2.24, 2.45) is 5.73 Å². The van der Waals surface area contributed by atoms with Crippen molar-refractivity contribution in [3.63, 3.8) is 0 Å². The second-order valence-corrected chi connectivity index (χ2v) is 7.92. The summed E-state index contributed by atoms with van der Waals surface area (Å²) in [7, 11) is 0. The Morgan fingerprint density at radius 3 is 2.72 bits per heavy atom. The predicted molar refractivity (Wildman–Crippen MR) is 115 cm³/mol. The Morgan fingerprint density at radius 1 is 1.12 bits per heavy atom. The van der Waals surface area contributed by atoms with Gasteiger partial charge >= 0.3 is 5.69 Å². The number of nitrogens with two attached hydrogens (primary N) is 1. The lowest BCUT2D eigenvalue weighted by atomic mass is 10.1. The second kappa shape index (κ2) is 7.98. The van der Waals surface area contributed by atoms with Crippen LogP contribution in [0.25, 0.3) is 5.65 Å². The van der Waals surface area contributed by atoms with E-state index in [0.717, 1.165) is 42.7 Å². The first kappa shape index (κ1) is 20.0. The van der Waals surface area contributed by atoms with E-state index >= 15 is 0 Å². The summed E-state index contributed by atoms with van der Waals surface area (Å²) in [6.07, 6.45) is 6.38. The first-order chi connectivity index (χ1) is 15.5. The number of hydrogen-bond acceptors (Lipinski definition) is 7. The number of fused-ring (bicyclic) bond motifs is 2. The van der Waals surface area contributed by atoms with E-state index in [2.05, 4.69) is 10.1 Å². The van der Waals surface area contributed by atoms with Crippen LogP contribution in [0.2, 0.25) is 0 Å². The molecule has 0 radical (unpaired) electrons. The molecule has 2 N–H and O–H groups in total. The molecule has 2 aliphatic heterocycles. The van der Waals surface area contributed by atoms with Gasteiger partial charge in [-0.05, 0) is 31.4 Å². The van der Waals surface area contributed by atoms with Crippen LogP contribution in [-0.2, 0) is 11.3 Å². The number of rotatable bonds is 4. The van der Waals surface area contributed by atoms with Crippen molar-refractivity contribution in [1.29, 1.82) is 0 Å². The minimum atomic E-state index is -0.642. The summed E-state index contributed by atoms with van der Waals surface area (Å²) in [4.78, 5) is 44.7. The zero-order chi connectivity index (χ0) is 22.2. The average Bonchev–Trinajstić information content (AvgIpc) is 3.12. The molecule has 0 atom stereocenters. The molecule has 0 spiro atoms. The van der Waals surface area contributed by atoms with Gasteiger partial charge < -0.3 is 20.3 Å². The maximum Gasteiger partial charge on any atom is 0.350 e. The van der Waals surface area contributed by atoms with Gasteiger partial charge in [0, 0.05) is 37.2 Å². The number of aromatic nitrogens is 4. The molecule has 2 aliphatic rings. The van der Waals surface area contributed by atoms with E-state index in [0.29, 0.717) is 35.9 Å². The fourth-order valence-corrected chi connectivity index (χ4v) is 4.17. The van der Waals surface area contributed by atoms with Crippen LogP contribution in [0.3, 0.4) is 0 Å². The Hall–Kier alpha value is -3.89. The van der Waals surface area contributed by atoms with Gasteiger partial charge in [-0.25, -0.2) is 14.5 Å². The zero-order valence-electron chi connectivity index (χ0n) is 17.4. The van der Waals surface area contributed by atoms with Gasteiger partial charge in [0.1, 0.15) is 13.2 Å². The van der Waals surface area contributed by atoms with Crippen LogP contribution >= 0.6 is 0 Å². The van der Waals surface area contributed by atoms with Crippen molar-refractivity contribution in [1.82, 2.24) is 24.1 Å². The average molecular weight is 437 g/mol. The number of pyridine rings is 2. The summed E-state index contributed by atoms with van der Waals surface area (Å²) >= 11 is 0. The van der Waals surface area contributed by atoms with Crippen LogP contribution in [0.4, 0.5) is 11.5 Å². The van der Waals surface area contributed by atoms with Crippen molar-refractivity contribution in [2.75, 3.05) is 31.1 Å². The first-order valence-corrected chi connectivity index (χ1v) is 10.6. The number of likely N-dealkylation sites (tertiary alicyclic amines) is 1. The van der Waals surface area contributed by atoms with Crippen molar-refractivity contribution < 1.29 is 14.3 Å². The molecule has 1 fully saturated rings. The predicted octanol–water partition coefficient (Wildman–Crippen LogP) is 0.533. The molecule has 5 rings (SSSR count). The monoisotopic (exact) mass is 437 g/mol. The molecule has 3 aromatic rings. The van der Waals surface area contributed by atoms with Crippen molar-refractivity contribution in [2.45, 2.75) is 25.8 Å². The number of ether oxygens (including phenoxy) is 1. The van der Waals surface area contributed by atoms with E-state index in [1.807, 2.05) is 9.80 Å². The van der Waals surface area contributed by atoms with Crippen LogP contribution in [0.15, 0.2) is 35.4 Å². The van der Waals surface area contributed by atoms with E-state index in [1.165, 1.54) is 4.40 Å². The van der Waals surface area contributed by atoms with Crippen LogP contribution in [0, 0.1) is 0 Å². The van der Waals surface area contributed by atoms with Crippen LogP contribution < -0.4 is 21.1 Å².